The molecule has 0 spiro atoms. The van der Waals surface area contributed by atoms with Crippen LogP contribution in [-0.4, -0.2) is 105 Å². The summed E-state index contributed by atoms with van der Waals surface area (Å²) >= 11 is 0. The first-order valence-electron chi connectivity index (χ1n) is 30.1. The minimum Gasteiger partial charge on any atom is -0.362 e. The molecule has 0 fully saturated rings. The van der Waals surface area contributed by atoms with Crippen LogP contribution in [-0.2, 0) is 7.05 Å². The first kappa shape index (κ1) is 69.9. The molecule has 502 valence electrons. The monoisotopic (exact) mass is 1310 g/mol. The van der Waals surface area contributed by atoms with Gasteiger partial charge >= 0.3 is 0 Å². The van der Waals surface area contributed by atoms with E-state index >= 15 is 0 Å². The van der Waals surface area contributed by atoms with Gasteiger partial charge in [-0.15, -0.1) is 0 Å². The largest absolute Gasteiger partial charge is 0.362 e. The maximum atomic E-state index is 4.56. The van der Waals surface area contributed by atoms with Gasteiger partial charge in [-0.05, 0) is 152 Å². The molecule has 21 aromatic rings. The third-order valence-electron chi connectivity index (χ3n) is 16.2. The van der Waals surface area contributed by atoms with Crippen molar-refractivity contribution in [3.63, 3.8) is 0 Å². The predicted octanol–water partition coefficient (Wildman–Crippen LogP) is 18.1. The number of benzene rings is 1. The Bertz CT molecular complexity index is 5720. The molecule has 0 radical (unpaired) electrons. The van der Waals surface area contributed by atoms with Crippen molar-refractivity contribution in [1.82, 2.24) is 105 Å². The van der Waals surface area contributed by atoms with E-state index < -0.39 is 0 Å². The molecular weight excluding hydrogens is 1220 g/mol. The number of hydrogen-bond acceptors (Lipinski definition) is 8. The van der Waals surface area contributed by atoms with E-state index in [1.165, 1.54) is 22.2 Å². The number of imidazole rings is 9. The summed E-state index contributed by atoms with van der Waals surface area (Å²) in [5, 5.41) is 0. The van der Waals surface area contributed by atoms with E-state index in [2.05, 4.69) is 151 Å². The van der Waals surface area contributed by atoms with Crippen LogP contribution in [0, 0.1) is 48.5 Å². The Balaban J connectivity index is 0.000000132. The van der Waals surface area contributed by atoms with E-state index in [1.54, 1.807) is 0 Å². The molecule has 0 saturated carbocycles. The number of aromatic amines is 6. The molecule has 1 aromatic carbocycles. The fourth-order valence-electron chi connectivity index (χ4n) is 11.8. The average Bonchev–Trinajstić information content (AvgIpc) is 1.63. The van der Waals surface area contributed by atoms with Crippen molar-refractivity contribution in [2.75, 3.05) is 0 Å². The van der Waals surface area contributed by atoms with Crippen molar-refractivity contribution in [3.8, 4) is 0 Å². The summed E-state index contributed by atoms with van der Waals surface area (Å²) in [5.74, 6) is 2.86. The molecule has 21 rings (SSSR count). The quantitative estimate of drug-likeness (QED) is 0.0852. The number of aromatic nitrogens is 22. The first-order valence-corrected chi connectivity index (χ1v) is 30.1. The lowest BCUT2D eigenvalue weighted by Gasteiger charge is -1.92. The Morgan fingerprint density at radius 1 is 0.357 bits per heavy atom. The SMILES string of the molecule is C.C.C.C.C.C.Cc1[nH]cc2c1nc1ccccn12.Cc1[nH]cc2nc3ccccn3c12.Cc1cc2c(nc3ccccn32)[nH]1.Cc1cc2nc3ccccn3c2[nH]1.Cc1cn2c3ccccc3nc2n1C.Cc1nc2c(cc3ccccn32)[nH]1.Cc1nc2c(nc3ccccn32)[nH]1. The second-order valence-corrected chi connectivity index (χ2v) is 22.7. The third kappa shape index (κ3) is 12.8. The van der Waals surface area contributed by atoms with E-state index in [4.69, 9.17) is 0 Å². The van der Waals surface area contributed by atoms with Gasteiger partial charge in [0.2, 0.25) is 5.78 Å². The average molecular weight is 1310 g/mol. The number of H-pyrrole nitrogens is 6. The number of nitrogens with one attached hydrogen (secondary N) is 6. The molecule has 6 N–H and O–H groups in total. The Morgan fingerprint density at radius 3 is 1.60 bits per heavy atom. The summed E-state index contributed by atoms with van der Waals surface area (Å²) in [6.45, 7) is 14.2. The highest BCUT2D eigenvalue weighted by Crippen LogP contribution is 2.23. The predicted molar refractivity (Wildman–Crippen MR) is 405 cm³/mol. The van der Waals surface area contributed by atoms with E-state index in [-0.39, 0.29) is 44.6 Å². The standard InChI is InChI=1S/C11H11N3.5C10H9N3.C9H8N4.6CH4/c1-8-7-14-10-6-4-3-5-9(10)12-11(14)13(8)2;1-7-10-8(6-11-7)13-5-3-2-4-9(13)12-10;1-7-10-8(6-11-7)12-9-4-2-3-5-13(9)10;1-7-11-9-6-8-4-2-3-5-13(8)10(9)12-7;1-7-6-8-10(11-7)12-9-4-2-3-5-13(8)9;1-7-6-8-10(11-7)13-5-3-2-4-9(13)12-8;1-6-10-8-9(11-6)13-5-3-2-4-7(13)12-8;;;;;;/h3-7H,1-2H3;2*2-6,11H,1H3;2-6H,1H3,(H,11,12);2*2-6,11H,1H3;2-5H,1H3,(H,10,11);6*1H4. The van der Waals surface area contributed by atoms with Gasteiger partial charge in [-0.3, -0.25) is 30.8 Å². The summed E-state index contributed by atoms with van der Waals surface area (Å²) in [4.78, 5) is 54.7. The number of para-hydroxylation sites is 2. The molecule has 22 nitrogen and oxygen atoms in total. The fraction of sp³-hybridized carbons (Fsp3) is 0.184. The normalized spacial score (nSPS) is 10.8. The zero-order chi connectivity index (χ0) is 62.7. The summed E-state index contributed by atoms with van der Waals surface area (Å²) in [6, 6.07) is 50.5. The van der Waals surface area contributed by atoms with Gasteiger partial charge < -0.3 is 34.5 Å². The van der Waals surface area contributed by atoms with E-state index in [0.717, 1.165) is 135 Å². The van der Waals surface area contributed by atoms with Gasteiger partial charge in [-0.25, -0.2) is 39.9 Å². The van der Waals surface area contributed by atoms with E-state index in [1.807, 2.05) is 217 Å². The van der Waals surface area contributed by atoms with Crippen molar-refractivity contribution >= 4 is 117 Å². The number of aryl methyl sites for hydroxylation is 8. The summed E-state index contributed by atoms with van der Waals surface area (Å²) in [6.07, 6.45) is 18.1. The van der Waals surface area contributed by atoms with Gasteiger partial charge in [0.1, 0.15) is 62.1 Å². The van der Waals surface area contributed by atoms with Crippen molar-refractivity contribution in [1.29, 1.82) is 0 Å². The lowest BCUT2D eigenvalue weighted by molar-refractivity contribution is 0.899. The molecule has 98 heavy (non-hydrogen) atoms. The van der Waals surface area contributed by atoms with Crippen LogP contribution < -0.4 is 0 Å². The van der Waals surface area contributed by atoms with Gasteiger partial charge in [0.25, 0.3) is 0 Å². The van der Waals surface area contributed by atoms with Crippen LogP contribution in [0.2, 0.25) is 0 Å². The van der Waals surface area contributed by atoms with Crippen molar-refractivity contribution in [2.45, 2.75) is 93.0 Å². The molecule has 0 saturated heterocycles. The maximum absolute atomic E-state index is 4.56. The first-order chi connectivity index (χ1) is 44.9. The smallest absolute Gasteiger partial charge is 0.214 e. The van der Waals surface area contributed by atoms with Gasteiger partial charge in [0.15, 0.2) is 22.6 Å². The van der Waals surface area contributed by atoms with Crippen LogP contribution in [0.3, 0.4) is 0 Å². The number of hydrogen-bond donors (Lipinski definition) is 6. The van der Waals surface area contributed by atoms with Crippen molar-refractivity contribution < 1.29 is 0 Å². The number of nitrogens with zero attached hydrogens (tertiary/aromatic N) is 16. The Kier molecular flexibility index (Phi) is 20.4. The molecule has 20 heterocycles. The Hall–Kier alpha value is -12.5. The summed E-state index contributed by atoms with van der Waals surface area (Å²) in [7, 11) is 2.04. The zero-order valence-electron chi connectivity index (χ0n) is 51.8. The Labute approximate surface area is 567 Å². The van der Waals surface area contributed by atoms with Crippen LogP contribution in [0.5, 0.6) is 0 Å². The lowest BCUT2D eigenvalue weighted by atomic mass is 10.3. The molecule has 0 bridgehead atoms. The van der Waals surface area contributed by atoms with E-state index in [9.17, 15) is 0 Å². The molecule has 0 aliphatic carbocycles. The molecular formula is C76H88N22. The minimum atomic E-state index is 0. The van der Waals surface area contributed by atoms with Crippen LogP contribution >= 0.6 is 0 Å². The zero-order valence-corrected chi connectivity index (χ0v) is 51.8. The van der Waals surface area contributed by atoms with Gasteiger partial charge in [0, 0.05) is 96.8 Å². The maximum Gasteiger partial charge on any atom is 0.214 e. The van der Waals surface area contributed by atoms with Crippen molar-refractivity contribution in [3.05, 3.63) is 248 Å². The Morgan fingerprint density at radius 2 is 0.888 bits per heavy atom. The van der Waals surface area contributed by atoms with Gasteiger partial charge in [0.05, 0.1) is 33.1 Å². The molecule has 0 aliphatic heterocycles. The van der Waals surface area contributed by atoms with E-state index in [0.29, 0.717) is 0 Å². The minimum absolute atomic E-state index is 0. The second kappa shape index (κ2) is 28.6. The summed E-state index contributed by atoms with van der Waals surface area (Å²) < 4.78 is 16.6. The second-order valence-electron chi connectivity index (χ2n) is 22.7. The third-order valence-corrected chi connectivity index (χ3v) is 16.2. The van der Waals surface area contributed by atoms with Crippen LogP contribution in [0.1, 0.15) is 84.7 Å². The van der Waals surface area contributed by atoms with Gasteiger partial charge in [-0.2, -0.15) is 0 Å². The fourth-order valence-corrected chi connectivity index (χ4v) is 11.8. The number of rotatable bonds is 0. The van der Waals surface area contributed by atoms with Crippen molar-refractivity contribution in [2.24, 2.45) is 7.05 Å². The highest BCUT2D eigenvalue weighted by molar-refractivity contribution is 5.85. The molecule has 0 atom stereocenters. The number of pyridine rings is 6. The van der Waals surface area contributed by atoms with Crippen LogP contribution in [0.4, 0.5) is 0 Å². The molecule has 0 amide bonds. The molecule has 0 aliphatic rings. The molecule has 22 heteroatoms. The topological polar surface area (TPSA) is 234 Å². The van der Waals surface area contributed by atoms with Crippen LogP contribution in [0.15, 0.2) is 207 Å². The molecule has 20 aromatic heterocycles. The summed E-state index contributed by atoms with van der Waals surface area (Å²) in [5.41, 5.74) is 26.6. The number of fused-ring (bicyclic) bond motifs is 21. The molecule has 0 unspecified atom stereocenters. The lowest BCUT2D eigenvalue weighted by Crippen LogP contribution is -1.90. The van der Waals surface area contributed by atoms with Crippen LogP contribution in [0.25, 0.3) is 117 Å². The highest BCUT2D eigenvalue weighted by atomic mass is 15.2. The highest BCUT2D eigenvalue weighted by Gasteiger charge is 2.12. The van der Waals surface area contributed by atoms with Gasteiger partial charge in [-0.1, -0.05) is 93.1 Å².